The van der Waals surface area contributed by atoms with E-state index in [1.807, 2.05) is 43.0 Å². The Balaban J connectivity index is 0.000000119. The number of fused-ring (bicyclic) bond motifs is 12. The normalized spacial score (nSPS) is 33.5. The van der Waals surface area contributed by atoms with Gasteiger partial charge in [-0.25, -0.2) is 0 Å². The van der Waals surface area contributed by atoms with Crippen molar-refractivity contribution >= 4 is 67.6 Å². The van der Waals surface area contributed by atoms with Crippen molar-refractivity contribution in [3.05, 3.63) is 208 Å². The largest absolute Gasteiger partial charge is 0.489 e. The molecule has 12 aliphatic rings. The maximum Gasteiger partial charge on any atom is 0.302 e. The molecule has 9 aliphatic carbocycles. The summed E-state index contributed by atoms with van der Waals surface area (Å²) in [6, 6.07) is 25.3. The molecular formula is C86H89N3O14. The molecule has 0 spiro atoms. The predicted molar refractivity (Wildman–Crippen MR) is 385 cm³/mol. The summed E-state index contributed by atoms with van der Waals surface area (Å²) in [5.74, 6) is 2.13. The van der Waals surface area contributed by atoms with E-state index in [0.29, 0.717) is 61.9 Å². The van der Waals surface area contributed by atoms with E-state index in [1.165, 1.54) is 42.9 Å². The van der Waals surface area contributed by atoms with Crippen LogP contribution in [0.25, 0.3) is 32.3 Å². The number of pyridine rings is 3. The number of aromatic nitrogens is 3. The number of aliphatic hydroxyl groups excluding tert-OH is 2. The predicted octanol–water partition coefficient (Wildman–Crippen LogP) is 14.4. The topological polar surface area (TPSA) is 237 Å². The molecule has 2 N–H and O–H groups in total. The van der Waals surface area contributed by atoms with Crippen LogP contribution < -0.4 is 0 Å². The van der Waals surface area contributed by atoms with Crippen LogP contribution in [0.3, 0.4) is 0 Å². The molecule has 0 saturated heterocycles. The third-order valence-corrected chi connectivity index (χ3v) is 25.7. The second-order valence-corrected chi connectivity index (χ2v) is 31.8. The number of hydrogen-bond donors (Lipinski definition) is 2. The summed E-state index contributed by atoms with van der Waals surface area (Å²) in [7, 11) is 0. The van der Waals surface area contributed by atoms with E-state index in [0.717, 1.165) is 106 Å². The Kier molecular flexibility index (Phi) is 17.8. The van der Waals surface area contributed by atoms with Gasteiger partial charge in [0.2, 0.25) is 0 Å². The van der Waals surface area contributed by atoms with Gasteiger partial charge in [-0.05, 0) is 172 Å². The molecule has 18 rings (SSSR count). The number of esters is 3. The van der Waals surface area contributed by atoms with Crippen LogP contribution in [0.15, 0.2) is 191 Å². The molecule has 6 aromatic rings. The molecular weight excluding hydrogens is 1300 g/mol. The SMILES string of the molecule is CC(=O)OC1C[C@H]2[C@@H]3OC4=C(C=C3C=C[C@]2(C)[C@H]1c1ccc2ccncc2c1)C(=O)CC(CO)C4.CC(=O)OC1C[C@H]2[C@@H]3OC4=C(C=C3CC[C@]2(C)[C@H]1c1ccc2ccncc2c1)C(=O)CC(CO)C4.CC(=O)OC1C[C@H]2[C@@H]3OC4=C(C=C3CC[C@]2(C)[C@H]1c1cccc2cnccc12)C(=O)CCC4. The lowest BCUT2D eigenvalue weighted by molar-refractivity contribution is -0.148. The van der Waals surface area contributed by atoms with Crippen molar-refractivity contribution < 1.29 is 67.4 Å². The third kappa shape index (κ3) is 12.1. The summed E-state index contributed by atoms with van der Waals surface area (Å²) >= 11 is 0. The summed E-state index contributed by atoms with van der Waals surface area (Å²) in [5, 5.41) is 26.0. The molecule has 103 heavy (non-hydrogen) atoms. The summed E-state index contributed by atoms with van der Waals surface area (Å²) in [6.07, 6.45) is 30.4. The molecule has 0 amide bonds. The van der Waals surface area contributed by atoms with Crippen LogP contribution in [-0.2, 0) is 57.2 Å². The van der Waals surface area contributed by atoms with E-state index in [2.05, 4.69) is 121 Å². The fourth-order valence-electron chi connectivity index (χ4n) is 20.9. The number of aliphatic hydroxyl groups is 2. The summed E-state index contributed by atoms with van der Waals surface area (Å²) in [6.45, 7) is 11.3. The Morgan fingerprint density at radius 3 is 1.58 bits per heavy atom. The molecule has 5 unspecified atom stereocenters. The molecule has 5 fully saturated rings. The minimum absolute atomic E-state index is 0.0122. The molecule has 3 aromatic carbocycles. The summed E-state index contributed by atoms with van der Waals surface area (Å²) in [4.78, 5) is 87.2. The first-order valence-corrected chi connectivity index (χ1v) is 37.0. The third-order valence-electron chi connectivity index (χ3n) is 25.7. The molecule has 0 bridgehead atoms. The second kappa shape index (κ2) is 26.8. The quantitative estimate of drug-likeness (QED) is 0.106. The maximum atomic E-state index is 12.7. The van der Waals surface area contributed by atoms with E-state index in [4.69, 9.17) is 28.4 Å². The monoisotopic (exact) mass is 1390 g/mol. The lowest BCUT2D eigenvalue weighted by atomic mass is 9.60. The van der Waals surface area contributed by atoms with Gasteiger partial charge in [0.15, 0.2) is 17.3 Å². The molecule has 17 heteroatoms. The van der Waals surface area contributed by atoms with Crippen molar-refractivity contribution in [2.75, 3.05) is 13.2 Å². The van der Waals surface area contributed by atoms with Gasteiger partial charge in [-0.2, -0.15) is 0 Å². The van der Waals surface area contributed by atoms with Crippen LogP contribution in [0.1, 0.15) is 166 Å². The zero-order valence-electron chi connectivity index (χ0n) is 59.3. The molecule has 3 aromatic heterocycles. The smallest absolute Gasteiger partial charge is 0.302 e. The minimum Gasteiger partial charge on any atom is -0.489 e. The Morgan fingerprint density at radius 1 is 0.505 bits per heavy atom. The molecule has 17 nitrogen and oxygen atoms in total. The number of allylic oxidation sites excluding steroid dienone is 10. The molecule has 532 valence electrons. The van der Waals surface area contributed by atoms with Crippen molar-refractivity contribution in [3.63, 3.8) is 0 Å². The fourth-order valence-corrected chi connectivity index (χ4v) is 20.9. The van der Waals surface area contributed by atoms with E-state index >= 15 is 0 Å². The van der Waals surface area contributed by atoms with E-state index in [-0.39, 0.29) is 149 Å². The molecule has 3 aliphatic heterocycles. The van der Waals surface area contributed by atoms with Gasteiger partial charge in [-0.3, -0.25) is 43.7 Å². The number of ether oxygens (including phenoxy) is 6. The van der Waals surface area contributed by atoms with Gasteiger partial charge in [-0.15, -0.1) is 0 Å². The van der Waals surface area contributed by atoms with Crippen LogP contribution in [0.4, 0.5) is 0 Å². The maximum absolute atomic E-state index is 12.7. The fraction of sp³-hybridized carbons (Fsp3) is 0.453. The number of carbonyl (C=O) groups excluding carboxylic acids is 6. The number of ketones is 3. The number of rotatable bonds is 8. The van der Waals surface area contributed by atoms with Crippen LogP contribution >= 0.6 is 0 Å². The van der Waals surface area contributed by atoms with Gasteiger partial charge in [-0.1, -0.05) is 75.4 Å². The minimum atomic E-state index is -0.314. The zero-order chi connectivity index (χ0) is 71.4. The first-order chi connectivity index (χ1) is 49.7. The van der Waals surface area contributed by atoms with Crippen molar-refractivity contribution in [2.24, 2.45) is 45.8 Å². The summed E-state index contributed by atoms with van der Waals surface area (Å²) in [5.41, 5.74) is 8.49. The van der Waals surface area contributed by atoms with Crippen LogP contribution in [0.5, 0.6) is 0 Å². The van der Waals surface area contributed by atoms with E-state index in [9.17, 15) is 39.0 Å². The Hall–Kier alpha value is -9.19. The highest BCUT2D eigenvalue weighted by Gasteiger charge is 2.63. The highest BCUT2D eigenvalue weighted by Crippen LogP contribution is 2.66. The Labute approximate surface area is 599 Å². The first-order valence-electron chi connectivity index (χ1n) is 37.0. The van der Waals surface area contributed by atoms with E-state index < -0.39 is 0 Å². The molecule has 5 saturated carbocycles. The van der Waals surface area contributed by atoms with Crippen molar-refractivity contribution in [2.45, 2.75) is 186 Å². The number of nitrogens with zero attached hydrogens (tertiary/aromatic N) is 3. The number of hydrogen-bond acceptors (Lipinski definition) is 17. The summed E-state index contributed by atoms with van der Waals surface area (Å²) < 4.78 is 37.7. The van der Waals surface area contributed by atoms with Crippen molar-refractivity contribution in [3.8, 4) is 0 Å². The lowest BCUT2D eigenvalue weighted by Gasteiger charge is -2.48. The average Bonchev–Trinajstić information content (AvgIpc) is 1.59. The average molecular weight is 1390 g/mol. The highest BCUT2D eigenvalue weighted by molar-refractivity contribution is 6.01. The van der Waals surface area contributed by atoms with Crippen molar-refractivity contribution in [1.82, 2.24) is 15.0 Å². The molecule has 17 atom stereocenters. The van der Waals surface area contributed by atoms with Crippen LogP contribution in [-0.4, -0.2) is 110 Å². The highest BCUT2D eigenvalue weighted by atomic mass is 16.6. The number of Topliss-reactive ketones (excluding diaryl/α,β-unsaturated/α-hetero) is 3. The number of benzene rings is 3. The zero-order valence-corrected chi connectivity index (χ0v) is 59.3. The second-order valence-electron chi connectivity index (χ2n) is 31.8. The van der Waals surface area contributed by atoms with Gasteiger partial charge in [0.1, 0.15) is 53.9 Å². The Morgan fingerprint density at radius 2 is 1.00 bits per heavy atom. The standard InChI is InChI=1S/C29H31NO5.C29H29NO5.C28H29NO4/c2*1-16(32)34-26-13-23-28-20(12-22-24(33)9-17(15-31)10-25(22)35-28)5-7-29(23,2)27(26)19-4-3-18-6-8-30-14-21(18)11-19;1-16(30)32-25-14-22-27-17(13-21-23(31)7-4-8-24(21)33-27)9-11-28(22,2)26(25)20-6-3-5-18-15-29-12-10-19(18)20/h3-4,6,8,11-12,14,17,23,26-28,31H,5,7,9-10,13,15H2,1-2H3;3-8,11-12,14,17,23,26-28,31H,9-10,13,15H2,1-2H3;3,5-6,10,12-13,15,22,25-27H,4,7-9,11,14H2,1-2H3/t2*17?,23-,26?,27-,28+,29-;22-,25?,26-,27+,28-/m000/s1. The van der Waals surface area contributed by atoms with Crippen LogP contribution in [0, 0.1) is 45.8 Å². The first kappa shape index (κ1) is 68.2. The van der Waals surface area contributed by atoms with Gasteiger partial charge >= 0.3 is 17.9 Å². The van der Waals surface area contributed by atoms with Gasteiger partial charge in [0.25, 0.3) is 0 Å². The molecule has 0 radical (unpaired) electrons. The molecule has 6 heterocycles. The van der Waals surface area contributed by atoms with Crippen LogP contribution in [0.2, 0.25) is 0 Å². The number of carbonyl (C=O) groups is 6. The van der Waals surface area contributed by atoms with Gasteiger partial charge in [0, 0.05) is 167 Å². The van der Waals surface area contributed by atoms with Crippen molar-refractivity contribution in [1.29, 1.82) is 0 Å². The van der Waals surface area contributed by atoms with Gasteiger partial charge in [0.05, 0.1) is 16.7 Å². The Bertz CT molecular complexity index is 4760. The lowest BCUT2D eigenvalue weighted by Crippen LogP contribution is -2.44. The van der Waals surface area contributed by atoms with Gasteiger partial charge < -0.3 is 38.6 Å². The van der Waals surface area contributed by atoms with E-state index in [1.54, 1.807) is 12.4 Å².